The van der Waals surface area contributed by atoms with Crippen LogP contribution in [0.5, 0.6) is 0 Å². The number of thiophene rings is 1. The van der Waals surface area contributed by atoms with E-state index in [4.69, 9.17) is 0 Å². The molecule has 0 radical (unpaired) electrons. The Morgan fingerprint density at radius 1 is 1.55 bits per heavy atom. The van der Waals surface area contributed by atoms with Gasteiger partial charge in [-0.1, -0.05) is 6.42 Å². The van der Waals surface area contributed by atoms with Gasteiger partial charge in [-0.3, -0.25) is 4.79 Å². The molecule has 1 fully saturated rings. The lowest BCUT2D eigenvalue weighted by molar-refractivity contribution is -0.131. The first kappa shape index (κ1) is 14.4. The van der Waals surface area contributed by atoms with Crippen LogP contribution in [-0.2, 0) is 17.8 Å². The van der Waals surface area contributed by atoms with Gasteiger partial charge in [0.2, 0.25) is 5.91 Å². The standard InChI is InChI=1S/C15H22N2OS2/c1-19-14-4-2-3-12(14)16-9-15(18)17-7-5-13-11(10-17)6-8-20-13/h6,8,12,14,16H,2-5,7,9-10H2,1H3. The van der Waals surface area contributed by atoms with E-state index in [-0.39, 0.29) is 5.91 Å². The van der Waals surface area contributed by atoms with Gasteiger partial charge in [-0.25, -0.2) is 0 Å². The molecular formula is C15H22N2OS2. The van der Waals surface area contributed by atoms with Crippen molar-refractivity contribution in [3.05, 3.63) is 21.9 Å². The summed E-state index contributed by atoms with van der Waals surface area (Å²) in [6.45, 7) is 2.18. The Hall–Kier alpha value is -0.520. The lowest BCUT2D eigenvalue weighted by Gasteiger charge is -2.28. The number of nitrogens with one attached hydrogen (secondary N) is 1. The molecule has 2 unspecified atom stereocenters. The second-order valence-corrected chi connectivity index (χ2v) is 7.70. The van der Waals surface area contributed by atoms with Crippen LogP contribution in [0.3, 0.4) is 0 Å². The van der Waals surface area contributed by atoms with Gasteiger partial charge in [-0.15, -0.1) is 11.3 Å². The Morgan fingerprint density at radius 3 is 3.30 bits per heavy atom. The van der Waals surface area contributed by atoms with Crippen LogP contribution in [0, 0.1) is 0 Å². The fraction of sp³-hybridized carbons (Fsp3) is 0.667. The molecule has 110 valence electrons. The van der Waals surface area contributed by atoms with Gasteiger partial charge >= 0.3 is 0 Å². The molecule has 1 aromatic rings. The molecule has 1 saturated carbocycles. The summed E-state index contributed by atoms with van der Waals surface area (Å²) in [4.78, 5) is 15.8. The number of amides is 1. The zero-order chi connectivity index (χ0) is 13.9. The van der Waals surface area contributed by atoms with E-state index in [9.17, 15) is 4.79 Å². The van der Waals surface area contributed by atoms with Crippen molar-refractivity contribution in [1.29, 1.82) is 0 Å². The van der Waals surface area contributed by atoms with Crippen molar-refractivity contribution in [3.63, 3.8) is 0 Å². The Bertz CT molecular complexity index is 474. The van der Waals surface area contributed by atoms with Gasteiger partial charge in [-0.05, 0) is 42.5 Å². The summed E-state index contributed by atoms with van der Waals surface area (Å²) in [5.41, 5.74) is 1.34. The van der Waals surface area contributed by atoms with E-state index >= 15 is 0 Å². The summed E-state index contributed by atoms with van der Waals surface area (Å²) < 4.78 is 0. The van der Waals surface area contributed by atoms with Gasteiger partial charge in [0.05, 0.1) is 6.54 Å². The molecule has 1 N–H and O–H groups in total. The molecule has 0 aromatic carbocycles. The van der Waals surface area contributed by atoms with E-state index in [1.807, 2.05) is 28.0 Å². The van der Waals surface area contributed by atoms with Crippen LogP contribution in [-0.4, -0.2) is 41.4 Å². The first-order valence-electron chi connectivity index (χ1n) is 7.37. The SMILES string of the molecule is CSC1CCCC1NCC(=O)N1CCc2sccc2C1. The van der Waals surface area contributed by atoms with E-state index < -0.39 is 0 Å². The molecule has 1 aliphatic carbocycles. The highest BCUT2D eigenvalue weighted by Crippen LogP contribution is 2.28. The molecule has 0 bridgehead atoms. The van der Waals surface area contributed by atoms with Crippen molar-refractivity contribution in [2.45, 2.75) is 43.5 Å². The van der Waals surface area contributed by atoms with Crippen molar-refractivity contribution in [1.82, 2.24) is 10.2 Å². The smallest absolute Gasteiger partial charge is 0.236 e. The molecule has 0 spiro atoms. The Balaban J connectivity index is 1.50. The van der Waals surface area contributed by atoms with E-state index in [0.29, 0.717) is 17.8 Å². The molecule has 2 atom stereocenters. The molecule has 2 heterocycles. The molecule has 1 aliphatic heterocycles. The number of hydrogen-bond donors (Lipinski definition) is 1. The van der Waals surface area contributed by atoms with Crippen LogP contribution >= 0.6 is 23.1 Å². The Morgan fingerprint density at radius 2 is 2.45 bits per heavy atom. The summed E-state index contributed by atoms with van der Waals surface area (Å²) in [5.74, 6) is 0.258. The lowest BCUT2D eigenvalue weighted by atomic mass is 10.1. The van der Waals surface area contributed by atoms with Crippen molar-refractivity contribution in [2.75, 3.05) is 19.3 Å². The minimum Gasteiger partial charge on any atom is -0.337 e. The van der Waals surface area contributed by atoms with E-state index in [2.05, 4.69) is 23.0 Å². The number of nitrogens with zero attached hydrogens (tertiary/aromatic N) is 1. The summed E-state index contributed by atoms with van der Waals surface area (Å²) in [6.07, 6.45) is 6.99. The van der Waals surface area contributed by atoms with Gasteiger partial charge in [0.25, 0.3) is 0 Å². The average molecular weight is 310 g/mol. The maximum absolute atomic E-state index is 12.3. The Labute approximate surface area is 129 Å². The number of carbonyl (C=O) groups excluding carboxylic acids is 1. The number of hydrogen-bond acceptors (Lipinski definition) is 4. The third kappa shape index (κ3) is 3.05. The van der Waals surface area contributed by atoms with Crippen LogP contribution in [0.1, 0.15) is 29.7 Å². The zero-order valence-corrected chi connectivity index (χ0v) is 13.6. The topological polar surface area (TPSA) is 32.3 Å². The maximum atomic E-state index is 12.3. The van der Waals surface area contributed by atoms with Gasteiger partial charge in [0.15, 0.2) is 0 Å². The van der Waals surface area contributed by atoms with Crippen molar-refractivity contribution < 1.29 is 4.79 Å². The molecule has 3 rings (SSSR count). The van der Waals surface area contributed by atoms with Crippen LogP contribution in [0.25, 0.3) is 0 Å². The fourth-order valence-corrected chi connectivity index (χ4v) is 5.09. The molecule has 1 amide bonds. The number of thioether (sulfide) groups is 1. The number of carbonyl (C=O) groups is 1. The third-order valence-corrected chi connectivity index (χ3v) is 6.62. The minimum absolute atomic E-state index is 0.258. The van der Waals surface area contributed by atoms with Gasteiger partial charge in [0.1, 0.15) is 0 Å². The van der Waals surface area contributed by atoms with Crippen LogP contribution in [0.2, 0.25) is 0 Å². The molecule has 20 heavy (non-hydrogen) atoms. The second kappa shape index (κ2) is 6.50. The molecule has 0 saturated heterocycles. The number of fused-ring (bicyclic) bond motifs is 1. The minimum atomic E-state index is 0.258. The first-order chi connectivity index (χ1) is 9.78. The predicted octanol–water partition coefficient (Wildman–Crippen LogP) is 2.51. The van der Waals surface area contributed by atoms with Gasteiger partial charge < -0.3 is 10.2 Å². The highest BCUT2D eigenvalue weighted by molar-refractivity contribution is 7.99. The van der Waals surface area contributed by atoms with Crippen LogP contribution in [0.15, 0.2) is 11.4 Å². The van der Waals surface area contributed by atoms with Crippen LogP contribution < -0.4 is 5.32 Å². The first-order valence-corrected chi connectivity index (χ1v) is 9.54. The van der Waals surface area contributed by atoms with Crippen LogP contribution in [0.4, 0.5) is 0 Å². The summed E-state index contributed by atoms with van der Waals surface area (Å²) in [5, 5.41) is 6.31. The summed E-state index contributed by atoms with van der Waals surface area (Å²) >= 11 is 3.75. The second-order valence-electron chi connectivity index (χ2n) is 5.63. The van der Waals surface area contributed by atoms with Crippen molar-refractivity contribution in [3.8, 4) is 0 Å². The third-order valence-electron chi connectivity index (χ3n) is 4.43. The van der Waals surface area contributed by atoms with Crippen molar-refractivity contribution >= 4 is 29.0 Å². The van der Waals surface area contributed by atoms with E-state index in [1.54, 1.807) is 0 Å². The zero-order valence-electron chi connectivity index (χ0n) is 11.9. The predicted molar refractivity (Wildman–Crippen MR) is 86.4 cm³/mol. The highest BCUT2D eigenvalue weighted by atomic mass is 32.2. The normalized spacial score (nSPS) is 25.8. The van der Waals surface area contributed by atoms with Crippen molar-refractivity contribution in [2.24, 2.45) is 0 Å². The molecule has 3 nitrogen and oxygen atoms in total. The molecular weight excluding hydrogens is 288 g/mol. The summed E-state index contributed by atoms with van der Waals surface area (Å²) in [6, 6.07) is 2.68. The monoisotopic (exact) mass is 310 g/mol. The summed E-state index contributed by atoms with van der Waals surface area (Å²) in [7, 11) is 0. The highest BCUT2D eigenvalue weighted by Gasteiger charge is 2.27. The molecule has 1 aromatic heterocycles. The van der Waals surface area contributed by atoms with E-state index in [0.717, 1.165) is 19.5 Å². The Kier molecular flexibility index (Phi) is 4.68. The van der Waals surface area contributed by atoms with Gasteiger partial charge in [0, 0.05) is 29.3 Å². The fourth-order valence-electron chi connectivity index (χ4n) is 3.23. The number of rotatable bonds is 4. The molecule has 5 heteroatoms. The largest absolute Gasteiger partial charge is 0.337 e. The van der Waals surface area contributed by atoms with Gasteiger partial charge in [-0.2, -0.15) is 11.8 Å². The average Bonchev–Trinajstić information content (AvgIpc) is 3.12. The quantitative estimate of drug-likeness (QED) is 0.927. The maximum Gasteiger partial charge on any atom is 0.236 e. The molecule has 2 aliphatic rings. The van der Waals surface area contributed by atoms with E-state index in [1.165, 1.54) is 29.7 Å². The lowest BCUT2D eigenvalue weighted by Crippen LogP contribution is -2.44.